The van der Waals surface area contributed by atoms with Gasteiger partial charge in [0, 0.05) is 5.02 Å². The van der Waals surface area contributed by atoms with E-state index in [1.54, 1.807) is 24.3 Å². The first-order valence-electron chi connectivity index (χ1n) is 8.05. The first-order valence-corrected chi connectivity index (χ1v) is 9.41. The van der Waals surface area contributed by atoms with Crippen LogP contribution in [0.5, 0.6) is 5.75 Å². The van der Waals surface area contributed by atoms with Crippen molar-refractivity contribution in [2.75, 3.05) is 12.4 Å². The second-order valence-electron chi connectivity index (χ2n) is 5.69. The van der Waals surface area contributed by atoms with Gasteiger partial charge < -0.3 is 9.72 Å². The molecule has 0 atom stereocenters. The number of H-pyrrole nitrogens is 1. The van der Waals surface area contributed by atoms with Crippen molar-refractivity contribution in [3.63, 3.8) is 0 Å². The van der Waals surface area contributed by atoms with E-state index in [9.17, 15) is 9.59 Å². The molecule has 0 unspecified atom stereocenters. The van der Waals surface area contributed by atoms with Gasteiger partial charge in [-0.15, -0.1) is 0 Å². The predicted molar refractivity (Wildman–Crippen MR) is 105 cm³/mol. The van der Waals surface area contributed by atoms with E-state index >= 15 is 0 Å². The fraction of sp³-hybridized carbons (Fsp3) is 0.167. The summed E-state index contributed by atoms with van der Waals surface area (Å²) < 4.78 is 5.29. The molecular formula is C18H17ClN4O3S. The number of ether oxygens (including phenoxy) is 1. The summed E-state index contributed by atoms with van der Waals surface area (Å²) in [5.74, 6) is -0.201. The minimum absolute atomic E-state index is 0.108. The highest BCUT2D eigenvalue weighted by atomic mass is 35.5. The van der Waals surface area contributed by atoms with Gasteiger partial charge in [0.15, 0.2) is 11.8 Å². The summed E-state index contributed by atoms with van der Waals surface area (Å²) in [5, 5.41) is 1.22. The number of aromatic nitrogens is 2. The smallest absolute Gasteiger partial charge is 0.276 e. The van der Waals surface area contributed by atoms with Crippen molar-refractivity contribution in [3.05, 3.63) is 53.1 Å². The Kier molecular flexibility index (Phi) is 6.20. The van der Waals surface area contributed by atoms with E-state index in [0.717, 1.165) is 16.6 Å². The molecule has 0 bridgehead atoms. The zero-order valence-corrected chi connectivity index (χ0v) is 16.0. The number of amides is 2. The fourth-order valence-electron chi connectivity index (χ4n) is 2.19. The maximum atomic E-state index is 11.9. The molecule has 3 N–H and O–H groups in total. The van der Waals surface area contributed by atoms with Crippen molar-refractivity contribution >= 4 is 46.2 Å². The lowest BCUT2D eigenvalue weighted by atomic mass is 10.2. The number of hydrogen-bond acceptors (Lipinski definition) is 5. The van der Waals surface area contributed by atoms with E-state index < -0.39 is 5.91 Å². The number of aryl methyl sites for hydroxylation is 1. The largest absolute Gasteiger partial charge is 0.484 e. The van der Waals surface area contributed by atoms with Gasteiger partial charge >= 0.3 is 0 Å². The first-order chi connectivity index (χ1) is 13.0. The molecule has 0 aliphatic carbocycles. The highest BCUT2D eigenvalue weighted by Gasteiger charge is 2.09. The molecule has 0 aliphatic heterocycles. The predicted octanol–water partition coefficient (Wildman–Crippen LogP) is 2.84. The zero-order valence-electron chi connectivity index (χ0n) is 14.4. The standard InChI is InChI=1S/C18H17ClN4O3S/c1-11-2-7-14-15(8-11)21-18(20-14)27-10-17(25)23-22-16(24)9-26-13-5-3-12(19)4-6-13/h2-8H,9-10H2,1H3,(H,20,21)(H,22,24)(H,23,25). The lowest BCUT2D eigenvalue weighted by Crippen LogP contribution is -2.44. The number of halogens is 1. The number of rotatable bonds is 6. The van der Waals surface area contributed by atoms with Gasteiger partial charge in [0.2, 0.25) is 5.91 Å². The highest BCUT2D eigenvalue weighted by molar-refractivity contribution is 7.99. The van der Waals surface area contributed by atoms with Gasteiger partial charge in [0.25, 0.3) is 5.91 Å². The minimum atomic E-state index is -0.470. The number of hydrazine groups is 1. The summed E-state index contributed by atoms with van der Waals surface area (Å²) in [4.78, 5) is 31.1. The summed E-state index contributed by atoms with van der Waals surface area (Å²) in [7, 11) is 0. The van der Waals surface area contributed by atoms with Crippen molar-refractivity contribution in [3.8, 4) is 5.75 Å². The Labute approximate surface area is 164 Å². The van der Waals surface area contributed by atoms with Crippen LogP contribution in [0.25, 0.3) is 11.0 Å². The van der Waals surface area contributed by atoms with Crippen LogP contribution in [0.1, 0.15) is 5.56 Å². The van der Waals surface area contributed by atoms with Crippen LogP contribution in [-0.4, -0.2) is 34.1 Å². The normalized spacial score (nSPS) is 10.6. The summed E-state index contributed by atoms with van der Waals surface area (Å²) in [6.45, 7) is 1.78. The lowest BCUT2D eigenvalue weighted by molar-refractivity contribution is -0.128. The molecular weight excluding hydrogens is 388 g/mol. The number of nitrogens with one attached hydrogen (secondary N) is 3. The van der Waals surface area contributed by atoms with Crippen LogP contribution in [0, 0.1) is 6.92 Å². The molecule has 2 aromatic carbocycles. The quantitative estimate of drug-likeness (QED) is 0.433. The SMILES string of the molecule is Cc1ccc2nc(SCC(=O)NNC(=O)COc3ccc(Cl)cc3)[nH]c2c1. The molecule has 9 heteroatoms. The Bertz CT molecular complexity index is 959. The molecule has 1 heterocycles. The van der Waals surface area contributed by atoms with E-state index in [0.29, 0.717) is 15.9 Å². The summed E-state index contributed by atoms with van der Waals surface area (Å²) in [6, 6.07) is 12.5. The Morgan fingerprint density at radius 2 is 1.89 bits per heavy atom. The van der Waals surface area contributed by atoms with Crippen LogP contribution in [0.3, 0.4) is 0 Å². The van der Waals surface area contributed by atoms with Crippen LogP contribution >= 0.6 is 23.4 Å². The van der Waals surface area contributed by atoms with E-state index in [2.05, 4.69) is 20.8 Å². The maximum Gasteiger partial charge on any atom is 0.276 e. The van der Waals surface area contributed by atoms with Gasteiger partial charge in [0.1, 0.15) is 5.75 Å². The van der Waals surface area contributed by atoms with Crippen LogP contribution < -0.4 is 15.6 Å². The molecule has 140 valence electrons. The van der Waals surface area contributed by atoms with Gasteiger partial charge in [-0.2, -0.15) is 0 Å². The average molecular weight is 405 g/mol. The number of thioether (sulfide) groups is 1. The van der Waals surface area contributed by atoms with E-state index in [-0.39, 0.29) is 18.3 Å². The molecule has 0 saturated heterocycles. The van der Waals surface area contributed by atoms with E-state index in [1.807, 2.05) is 25.1 Å². The van der Waals surface area contributed by atoms with Crippen LogP contribution in [0.2, 0.25) is 5.02 Å². The number of fused-ring (bicyclic) bond motifs is 1. The van der Waals surface area contributed by atoms with Crippen molar-refractivity contribution < 1.29 is 14.3 Å². The third-order valence-corrected chi connectivity index (χ3v) is 4.61. The molecule has 3 rings (SSSR count). The van der Waals surface area contributed by atoms with Gasteiger partial charge in [-0.1, -0.05) is 29.4 Å². The number of carbonyl (C=O) groups excluding carboxylic acids is 2. The maximum absolute atomic E-state index is 11.9. The van der Waals surface area contributed by atoms with Gasteiger partial charge in [-0.25, -0.2) is 4.98 Å². The number of benzene rings is 2. The van der Waals surface area contributed by atoms with Gasteiger partial charge in [-0.3, -0.25) is 20.4 Å². The monoisotopic (exact) mass is 404 g/mol. The molecule has 1 aromatic heterocycles. The Morgan fingerprint density at radius 3 is 2.67 bits per heavy atom. The topological polar surface area (TPSA) is 96.1 Å². The van der Waals surface area contributed by atoms with Crippen LogP contribution in [-0.2, 0) is 9.59 Å². The lowest BCUT2D eigenvalue weighted by Gasteiger charge is -2.08. The molecule has 0 fully saturated rings. The second kappa shape index (κ2) is 8.79. The Hall–Kier alpha value is -2.71. The first kappa shape index (κ1) is 19.1. The van der Waals surface area contributed by atoms with Crippen LogP contribution in [0.4, 0.5) is 0 Å². The third kappa shape index (κ3) is 5.63. The van der Waals surface area contributed by atoms with Crippen molar-refractivity contribution in [2.45, 2.75) is 12.1 Å². The zero-order chi connectivity index (χ0) is 19.2. The van der Waals surface area contributed by atoms with Crippen molar-refractivity contribution in [1.29, 1.82) is 0 Å². The second-order valence-corrected chi connectivity index (χ2v) is 7.09. The Balaban J connectivity index is 1.39. The van der Waals surface area contributed by atoms with E-state index in [4.69, 9.17) is 16.3 Å². The van der Waals surface area contributed by atoms with Gasteiger partial charge in [-0.05, 0) is 48.9 Å². The summed E-state index contributed by atoms with van der Waals surface area (Å²) >= 11 is 7.02. The Morgan fingerprint density at radius 1 is 1.15 bits per heavy atom. The number of imidazole rings is 1. The summed E-state index contributed by atoms with van der Waals surface area (Å²) in [6.07, 6.45) is 0. The molecule has 0 aliphatic rings. The third-order valence-electron chi connectivity index (χ3n) is 3.48. The number of hydrogen-bond donors (Lipinski definition) is 3. The molecule has 2 amide bonds. The van der Waals surface area contributed by atoms with Crippen molar-refractivity contribution in [2.24, 2.45) is 0 Å². The molecule has 27 heavy (non-hydrogen) atoms. The molecule has 0 radical (unpaired) electrons. The minimum Gasteiger partial charge on any atom is -0.484 e. The molecule has 0 saturated carbocycles. The molecule has 0 spiro atoms. The van der Waals surface area contributed by atoms with E-state index in [1.165, 1.54) is 11.8 Å². The van der Waals surface area contributed by atoms with Gasteiger partial charge in [0.05, 0.1) is 16.8 Å². The fourth-order valence-corrected chi connectivity index (χ4v) is 3.00. The average Bonchev–Trinajstić information content (AvgIpc) is 3.06. The number of nitrogens with zero attached hydrogens (tertiary/aromatic N) is 1. The molecule has 3 aromatic rings. The number of carbonyl (C=O) groups is 2. The molecule has 7 nitrogen and oxygen atoms in total. The van der Waals surface area contributed by atoms with Crippen molar-refractivity contribution in [1.82, 2.24) is 20.8 Å². The van der Waals surface area contributed by atoms with Crippen LogP contribution in [0.15, 0.2) is 47.6 Å². The highest BCUT2D eigenvalue weighted by Crippen LogP contribution is 2.20. The summed E-state index contributed by atoms with van der Waals surface area (Å²) in [5.41, 5.74) is 7.53. The number of aromatic amines is 1.